The summed E-state index contributed by atoms with van der Waals surface area (Å²) in [5.74, 6) is 0.830. The summed E-state index contributed by atoms with van der Waals surface area (Å²) in [6, 6.07) is 8.11. The maximum Gasteiger partial charge on any atom is 0.159 e. The van der Waals surface area contributed by atoms with Crippen LogP contribution in [0.3, 0.4) is 0 Å². The van der Waals surface area contributed by atoms with Crippen molar-refractivity contribution in [2.24, 2.45) is 11.3 Å². The second-order valence-corrected chi connectivity index (χ2v) is 9.18. The number of hydrogen-bond acceptors (Lipinski definition) is 3. The van der Waals surface area contributed by atoms with Gasteiger partial charge in [-0.1, -0.05) is 34.2 Å². The largest absolute Gasteiger partial charge is 0.508 e. The van der Waals surface area contributed by atoms with E-state index in [2.05, 4.69) is 57.1 Å². The minimum Gasteiger partial charge on any atom is -0.508 e. The Morgan fingerprint density at radius 2 is 2.00 bits per heavy atom. The van der Waals surface area contributed by atoms with Gasteiger partial charge in [-0.05, 0) is 42.5 Å². The fraction of sp³-hybridized carbons (Fsp3) is 0.600. The number of fused-ring (bicyclic) bond motifs is 3. The first-order chi connectivity index (χ1) is 11.7. The van der Waals surface area contributed by atoms with Gasteiger partial charge in [-0.25, -0.2) is 0 Å². The van der Waals surface area contributed by atoms with Gasteiger partial charge in [-0.2, -0.15) is 0 Å². The summed E-state index contributed by atoms with van der Waals surface area (Å²) in [5, 5.41) is 14.6. The number of hydrogen-bond donors (Lipinski definition) is 2. The molecule has 25 heavy (non-hydrogen) atoms. The quantitative estimate of drug-likeness (QED) is 0.801. The number of phenolic OH excluding ortho intramolecular Hbond substituents is 1. The third kappa shape index (κ3) is 2.82. The highest BCUT2D eigenvalue weighted by atomic mass is 28.2. The van der Waals surface area contributed by atoms with E-state index >= 15 is 0 Å². The van der Waals surface area contributed by atoms with Crippen molar-refractivity contribution in [3.8, 4) is 5.75 Å². The van der Waals surface area contributed by atoms with Crippen LogP contribution in [-0.2, 0) is 11.0 Å². The van der Waals surface area contributed by atoms with E-state index in [1.807, 2.05) is 12.1 Å². The van der Waals surface area contributed by atoms with Crippen molar-refractivity contribution in [1.82, 2.24) is 9.88 Å². The van der Waals surface area contributed by atoms with Crippen molar-refractivity contribution < 1.29 is 9.53 Å². The van der Waals surface area contributed by atoms with Crippen LogP contribution in [0.25, 0.3) is 10.9 Å². The van der Waals surface area contributed by atoms with E-state index in [1.165, 1.54) is 11.2 Å². The lowest BCUT2D eigenvalue weighted by molar-refractivity contribution is -0.0918. The van der Waals surface area contributed by atoms with Gasteiger partial charge in [0.05, 0.1) is 11.6 Å². The average Bonchev–Trinajstić information content (AvgIpc) is 2.91. The summed E-state index contributed by atoms with van der Waals surface area (Å²) in [6.07, 6.45) is 0. The highest BCUT2D eigenvalue weighted by Crippen LogP contribution is 2.48. The summed E-state index contributed by atoms with van der Waals surface area (Å²) >= 11 is 0. The Balaban J connectivity index is 2.19. The highest BCUT2D eigenvalue weighted by molar-refractivity contribution is 6.25. The molecule has 0 aliphatic carbocycles. The van der Waals surface area contributed by atoms with Gasteiger partial charge in [0, 0.05) is 29.7 Å². The molecule has 4 nitrogen and oxygen atoms in total. The zero-order valence-electron chi connectivity index (χ0n) is 16.4. The second-order valence-electron chi connectivity index (χ2n) is 8.31. The molecule has 1 aliphatic heterocycles. The molecule has 2 atom stereocenters. The Morgan fingerprint density at radius 3 is 2.64 bits per heavy atom. The standard InChI is InChI=1S/C20H32N2O2Si/c1-13(2)19(3,4)20(5,24-25-6)18-12-21-11-15-9-14-10-16(23)7-8-17(14)22(15)18/h7-10,13,18,21,23H,11-12,25H2,1-6H3/t18-,20?/m0/s1. The zero-order chi connectivity index (χ0) is 18.4. The van der Waals surface area contributed by atoms with Crippen molar-refractivity contribution in [3.05, 3.63) is 30.0 Å². The first kappa shape index (κ1) is 18.5. The van der Waals surface area contributed by atoms with Gasteiger partial charge in [0.25, 0.3) is 0 Å². The third-order valence-corrected chi connectivity index (χ3v) is 7.55. The third-order valence-electron chi connectivity index (χ3n) is 6.66. The van der Waals surface area contributed by atoms with Gasteiger partial charge < -0.3 is 19.4 Å². The number of nitrogens with zero attached hydrogens (tertiary/aromatic N) is 1. The maximum absolute atomic E-state index is 9.86. The molecule has 0 spiro atoms. The monoisotopic (exact) mass is 360 g/mol. The Morgan fingerprint density at radius 1 is 1.28 bits per heavy atom. The Kier molecular flexibility index (Phi) is 4.77. The van der Waals surface area contributed by atoms with Crippen molar-refractivity contribution in [2.45, 2.75) is 59.4 Å². The Bertz CT molecular complexity index is 768. The van der Waals surface area contributed by atoms with E-state index < -0.39 is 9.76 Å². The van der Waals surface area contributed by atoms with Gasteiger partial charge in [-0.3, -0.25) is 0 Å². The molecule has 1 aromatic heterocycles. The molecule has 3 rings (SSSR count). The average molecular weight is 361 g/mol. The van der Waals surface area contributed by atoms with Crippen LogP contribution in [0.1, 0.15) is 46.4 Å². The summed E-state index contributed by atoms with van der Waals surface area (Å²) < 4.78 is 9.08. The fourth-order valence-corrected chi connectivity index (χ4v) is 5.40. The molecule has 138 valence electrons. The maximum atomic E-state index is 9.86. The molecule has 0 saturated heterocycles. The molecule has 2 N–H and O–H groups in total. The number of rotatable bonds is 5. The lowest BCUT2D eigenvalue weighted by Gasteiger charge is -2.53. The van der Waals surface area contributed by atoms with Crippen molar-refractivity contribution in [1.29, 1.82) is 0 Å². The van der Waals surface area contributed by atoms with Crippen LogP contribution in [-0.4, -0.2) is 31.6 Å². The van der Waals surface area contributed by atoms with Crippen molar-refractivity contribution >= 4 is 20.7 Å². The van der Waals surface area contributed by atoms with Gasteiger partial charge >= 0.3 is 0 Å². The SMILES string of the molecule is C[SiH2]OC(C)([C@@H]1CNCc2cc3cc(O)ccc3n21)C(C)(C)C(C)C. The van der Waals surface area contributed by atoms with Crippen molar-refractivity contribution in [2.75, 3.05) is 6.54 Å². The first-order valence-corrected chi connectivity index (χ1v) is 11.4. The van der Waals surface area contributed by atoms with Gasteiger partial charge in [-0.15, -0.1) is 0 Å². The van der Waals surface area contributed by atoms with Crippen LogP contribution in [0.2, 0.25) is 6.55 Å². The predicted molar refractivity (Wildman–Crippen MR) is 107 cm³/mol. The molecule has 0 bridgehead atoms. The van der Waals surface area contributed by atoms with E-state index in [9.17, 15) is 5.11 Å². The molecule has 2 aromatic rings. The van der Waals surface area contributed by atoms with Crippen LogP contribution < -0.4 is 5.32 Å². The molecule has 0 fully saturated rings. The summed E-state index contributed by atoms with van der Waals surface area (Å²) in [7, 11) is -0.570. The summed E-state index contributed by atoms with van der Waals surface area (Å²) in [5.41, 5.74) is 2.23. The lowest BCUT2D eigenvalue weighted by atomic mass is 9.65. The van der Waals surface area contributed by atoms with Crippen LogP contribution in [0, 0.1) is 11.3 Å². The van der Waals surface area contributed by atoms with E-state index in [0.29, 0.717) is 11.7 Å². The number of aromatic hydroxyl groups is 1. The van der Waals surface area contributed by atoms with Gasteiger partial charge in [0.1, 0.15) is 5.75 Å². The minimum absolute atomic E-state index is 0.0322. The van der Waals surface area contributed by atoms with E-state index in [4.69, 9.17) is 4.43 Å². The molecule has 2 heterocycles. The normalized spacial score (nSPS) is 21.2. The minimum atomic E-state index is -0.570. The predicted octanol–water partition coefficient (Wildman–Crippen LogP) is 3.58. The van der Waals surface area contributed by atoms with E-state index in [0.717, 1.165) is 18.5 Å². The van der Waals surface area contributed by atoms with Crippen LogP contribution in [0.4, 0.5) is 0 Å². The number of aromatic nitrogens is 1. The smallest absolute Gasteiger partial charge is 0.159 e. The van der Waals surface area contributed by atoms with Gasteiger partial charge in [0.2, 0.25) is 0 Å². The van der Waals surface area contributed by atoms with Crippen LogP contribution in [0.15, 0.2) is 24.3 Å². The summed E-state index contributed by atoms with van der Waals surface area (Å²) in [4.78, 5) is 0. The Labute approximate surface area is 153 Å². The molecule has 0 radical (unpaired) electrons. The topological polar surface area (TPSA) is 46.4 Å². The number of benzene rings is 1. The molecule has 5 heteroatoms. The molecular weight excluding hydrogens is 328 g/mol. The molecule has 0 saturated carbocycles. The Hall–Kier alpha value is -1.30. The van der Waals surface area contributed by atoms with Crippen LogP contribution in [0.5, 0.6) is 5.75 Å². The number of phenols is 1. The van der Waals surface area contributed by atoms with Gasteiger partial charge in [0.15, 0.2) is 9.76 Å². The molecule has 0 amide bonds. The molecular formula is C20H32N2O2Si. The fourth-order valence-electron chi connectivity index (χ4n) is 4.24. The summed E-state index contributed by atoms with van der Waals surface area (Å²) in [6.45, 7) is 15.5. The molecule has 1 aliphatic rings. The van der Waals surface area contributed by atoms with E-state index in [1.54, 1.807) is 6.07 Å². The lowest BCUT2D eigenvalue weighted by Crippen LogP contribution is -2.57. The molecule has 1 aromatic carbocycles. The van der Waals surface area contributed by atoms with E-state index in [-0.39, 0.29) is 17.1 Å². The van der Waals surface area contributed by atoms with Crippen LogP contribution >= 0.6 is 0 Å². The number of nitrogens with one attached hydrogen (secondary N) is 1. The first-order valence-electron chi connectivity index (χ1n) is 9.40. The highest BCUT2D eigenvalue weighted by Gasteiger charge is 2.50. The van der Waals surface area contributed by atoms with Crippen molar-refractivity contribution in [3.63, 3.8) is 0 Å². The molecule has 1 unspecified atom stereocenters. The zero-order valence-corrected chi connectivity index (χ0v) is 17.8. The second kappa shape index (κ2) is 6.45.